The van der Waals surface area contributed by atoms with Gasteiger partial charge >= 0.3 is 0 Å². The van der Waals surface area contributed by atoms with Crippen LogP contribution in [0, 0.1) is 0 Å². The molecule has 86 valence electrons. The first-order valence-corrected chi connectivity index (χ1v) is 6.44. The number of thiophene rings is 1. The van der Waals surface area contributed by atoms with Crippen molar-refractivity contribution >= 4 is 34.5 Å². The van der Waals surface area contributed by atoms with Crippen LogP contribution in [0.1, 0.15) is 24.3 Å². The molecule has 16 heavy (non-hydrogen) atoms. The summed E-state index contributed by atoms with van der Waals surface area (Å²) in [5, 5.41) is 3.33. The minimum absolute atomic E-state index is 0.154. The lowest BCUT2D eigenvalue weighted by Gasteiger charge is -2.11. The molecule has 0 aliphatic carbocycles. The molecule has 2 aromatic heterocycles. The Bertz CT molecular complexity index is 453. The normalized spacial score (nSPS) is 12.9. The molecule has 0 fully saturated rings. The van der Waals surface area contributed by atoms with Gasteiger partial charge in [0, 0.05) is 6.04 Å². The van der Waals surface area contributed by atoms with Gasteiger partial charge in [-0.2, -0.15) is 0 Å². The smallest absolute Gasteiger partial charge is 0.117 e. The van der Waals surface area contributed by atoms with Crippen LogP contribution in [0.2, 0.25) is 8.67 Å². The molecule has 1 N–H and O–H groups in total. The molecule has 0 saturated carbocycles. The summed E-state index contributed by atoms with van der Waals surface area (Å²) in [7, 11) is 0. The fraction of sp³-hybridized carbons (Fsp3) is 0.273. The van der Waals surface area contributed by atoms with E-state index in [1.54, 1.807) is 6.26 Å². The number of halogens is 2. The van der Waals surface area contributed by atoms with Crippen LogP contribution in [0.25, 0.3) is 0 Å². The Morgan fingerprint density at radius 2 is 2.31 bits per heavy atom. The van der Waals surface area contributed by atoms with Crippen molar-refractivity contribution in [1.82, 2.24) is 5.32 Å². The highest BCUT2D eigenvalue weighted by Crippen LogP contribution is 2.34. The SMILES string of the molecule is CC(NCc1ccco1)c1cc(Cl)sc1Cl. The zero-order valence-corrected chi connectivity index (χ0v) is 11.0. The van der Waals surface area contributed by atoms with E-state index in [0.29, 0.717) is 10.9 Å². The molecule has 0 aliphatic heterocycles. The molecule has 2 nitrogen and oxygen atoms in total. The number of hydrogen-bond acceptors (Lipinski definition) is 3. The van der Waals surface area contributed by atoms with Gasteiger partial charge in [0.25, 0.3) is 0 Å². The summed E-state index contributed by atoms with van der Waals surface area (Å²) in [5.41, 5.74) is 1.03. The maximum absolute atomic E-state index is 6.07. The van der Waals surface area contributed by atoms with Crippen molar-refractivity contribution in [2.45, 2.75) is 19.5 Å². The molecular formula is C11H11Cl2NOS. The van der Waals surface area contributed by atoms with Crippen molar-refractivity contribution in [3.63, 3.8) is 0 Å². The lowest BCUT2D eigenvalue weighted by Crippen LogP contribution is -2.17. The molecule has 1 atom stereocenters. The van der Waals surface area contributed by atoms with E-state index >= 15 is 0 Å². The second kappa shape index (κ2) is 5.23. The van der Waals surface area contributed by atoms with Gasteiger partial charge in [-0.3, -0.25) is 0 Å². The highest BCUT2D eigenvalue weighted by Gasteiger charge is 2.13. The lowest BCUT2D eigenvalue weighted by molar-refractivity contribution is 0.461. The van der Waals surface area contributed by atoms with Crippen molar-refractivity contribution in [1.29, 1.82) is 0 Å². The molecule has 0 bridgehead atoms. The van der Waals surface area contributed by atoms with Crippen LogP contribution in [0.3, 0.4) is 0 Å². The van der Waals surface area contributed by atoms with Gasteiger partial charge in [-0.25, -0.2) is 0 Å². The quantitative estimate of drug-likeness (QED) is 0.889. The predicted molar refractivity (Wildman–Crippen MR) is 68.3 cm³/mol. The fourth-order valence-corrected chi connectivity index (χ4v) is 3.07. The molecular weight excluding hydrogens is 265 g/mol. The molecule has 0 spiro atoms. The standard InChI is InChI=1S/C11H11Cl2NOS/c1-7(9-5-10(12)16-11(9)13)14-6-8-3-2-4-15-8/h2-5,7,14H,6H2,1H3. The van der Waals surface area contributed by atoms with Crippen LogP contribution in [-0.4, -0.2) is 0 Å². The van der Waals surface area contributed by atoms with E-state index in [-0.39, 0.29) is 6.04 Å². The average molecular weight is 276 g/mol. The average Bonchev–Trinajstić information content (AvgIpc) is 2.84. The Hall–Kier alpha value is -0.480. The van der Waals surface area contributed by atoms with Gasteiger partial charge < -0.3 is 9.73 Å². The van der Waals surface area contributed by atoms with Crippen molar-refractivity contribution in [3.8, 4) is 0 Å². The number of furan rings is 1. The van der Waals surface area contributed by atoms with E-state index in [9.17, 15) is 0 Å². The molecule has 2 heterocycles. The topological polar surface area (TPSA) is 25.2 Å². The monoisotopic (exact) mass is 275 g/mol. The second-order valence-corrected chi connectivity index (χ2v) is 5.75. The van der Waals surface area contributed by atoms with Crippen LogP contribution in [0.4, 0.5) is 0 Å². The van der Waals surface area contributed by atoms with Gasteiger partial charge in [-0.05, 0) is 30.7 Å². The van der Waals surface area contributed by atoms with E-state index in [2.05, 4.69) is 5.32 Å². The first-order valence-electron chi connectivity index (χ1n) is 4.87. The van der Waals surface area contributed by atoms with E-state index in [1.165, 1.54) is 11.3 Å². The van der Waals surface area contributed by atoms with E-state index in [1.807, 2.05) is 25.1 Å². The van der Waals surface area contributed by atoms with Crippen LogP contribution in [-0.2, 0) is 6.54 Å². The van der Waals surface area contributed by atoms with Gasteiger partial charge in [0.05, 0.1) is 21.5 Å². The first-order chi connectivity index (χ1) is 7.66. The second-order valence-electron chi connectivity index (χ2n) is 3.46. The molecule has 0 radical (unpaired) electrons. The van der Waals surface area contributed by atoms with Gasteiger partial charge in [-0.15, -0.1) is 11.3 Å². The van der Waals surface area contributed by atoms with E-state index < -0.39 is 0 Å². The maximum atomic E-state index is 6.07. The van der Waals surface area contributed by atoms with Crippen LogP contribution in [0.5, 0.6) is 0 Å². The molecule has 0 aliphatic rings. The first kappa shape index (κ1) is 12.0. The summed E-state index contributed by atoms with van der Waals surface area (Å²) in [5.74, 6) is 0.907. The maximum Gasteiger partial charge on any atom is 0.117 e. The predicted octanol–water partition coefficient (Wildman–Crippen LogP) is 4.50. The van der Waals surface area contributed by atoms with Crippen LogP contribution < -0.4 is 5.32 Å². The van der Waals surface area contributed by atoms with Gasteiger partial charge in [0.15, 0.2) is 0 Å². The number of hydrogen-bond donors (Lipinski definition) is 1. The molecule has 1 unspecified atom stereocenters. The van der Waals surface area contributed by atoms with E-state index in [0.717, 1.165) is 15.7 Å². The van der Waals surface area contributed by atoms with Crippen LogP contribution >= 0.6 is 34.5 Å². The van der Waals surface area contributed by atoms with Gasteiger partial charge in [0.2, 0.25) is 0 Å². The summed E-state index contributed by atoms with van der Waals surface area (Å²) in [6.45, 7) is 2.73. The lowest BCUT2D eigenvalue weighted by atomic mass is 10.2. The fourth-order valence-electron chi connectivity index (χ4n) is 1.43. The third-order valence-electron chi connectivity index (χ3n) is 2.31. The number of rotatable bonds is 4. The Kier molecular flexibility index (Phi) is 3.92. The molecule has 2 aromatic rings. The number of nitrogens with one attached hydrogen (secondary N) is 1. The van der Waals surface area contributed by atoms with Crippen molar-refractivity contribution < 1.29 is 4.42 Å². The summed E-state index contributed by atoms with van der Waals surface area (Å²) in [6, 6.07) is 5.85. The van der Waals surface area contributed by atoms with Gasteiger partial charge in [-0.1, -0.05) is 23.2 Å². The summed E-state index contributed by atoms with van der Waals surface area (Å²) >= 11 is 13.4. The largest absolute Gasteiger partial charge is 0.468 e. The molecule has 0 aromatic carbocycles. The van der Waals surface area contributed by atoms with Crippen molar-refractivity contribution in [2.75, 3.05) is 0 Å². The van der Waals surface area contributed by atoms with Gasteiger partial charge in [0.1, 0.15) is 5.76 Å². The Labute approximate surface area is 108 Å². The zero-order chi connectivity index (χ0) is 11.5. The zero-order valence-electron chi connectivity index (χ0n) is 8.67. The Morgan fingerprint density at radius 3 is 2.88 bits per heavy atom. The van der Waals surface area contributed by atoms with E-state index in [4.69, 9.17) is 27.6 Å². The van der Waals surface area contributed by atoms with Crippen LogP contribution in [0.15, 0.2) is 28.9 Å². The minimum atomic E-state index is 0.154. The molecule has 5 heteroatoms. The Balaban J connectivity index is 1.98. The Morgan fingerprint density at radius 1 is 1.50 bits per heavy atom. The summed E-state index contributed by atoms with van der Waals surface area (Å²) < 4.78 is 6.69. The summed E-state index contributed by atoms with van der Waals surface area (Å²) in [6.07, 6.45) is 1.66. The highest BCUT2D eigenvalue weighted by molar-refractivity contribution is 7.20. The third kappa shape index (κ3) is 2.80. The molecule has 0 amide bonds. The molecule has 0 saturated heterocycles. The summed E-state index contributed by atoms with van der Waals surface area (Å²) in [4.78, 5) is 0. The highest BCUT2D eigenvalue weighted by atomic mass is 35.5. The van der Waals surface area contributed by atoms with Crippen molar-refractivity contribution in [3.05, 3.63) is 44.5 Å². The third-order valence-corrected chi connectivity index (χ3v) is 3.83. The minimum Gasteiger partial charge on any atom is -0.468 e. The van der Waals surface area contributed by atoms with Crippen molar-refractivity contribution in [2.24, 2.45) is 0 Å². The molecule has 2 rings (SSSR count).